The van der Waals surface area contributed by atoms with Crippen molar-refractivity contribution in [1.29, 1.82) is 0 Å². The number of rotatable bonds is 9. The van der Waals surface area contributed by atoms with Crippen molar-refractivity contribution >= 4 is 33.5 Å². The van der Waals surface area contributed by atoms with E-state index in [1.807, 2.05) is 11.9 Å². The van der Waals surface area contributed by atoms with E-state index in [0.29, 0.717) is 0 Å². The second-order valence-corrected chi connectivity index (χ2v) is 7.41. The van der Waals surface area contributed by atoms with Crippen molar-refractivity contribution in [2.45, 2.75) is 43.9 Å². The second-order valence-electron chi connectivity index (χ2n) is 5.03. The molecule has 0 fully saturated rings. The Balaban J connectivity index is 1.95. The summed E-state index contributed by atoms with van der Waals surface area (Å²) in [4.78, 5) is 4.73. The van der Waals surface area contributed by atoms with Crippen LogP contribution in [0.3, 0.4) is 0 Å². The normalized spacial score (nSPS) is 12.0. The zero-order valence-corrected chi connectivity index (χ0v) is 14.6. The van der Waals surface area contributed by atoms with Gasteiger partial charge in [0.25, 0.3) is 0 Å². The van der Waals surface area contributed by atoms with Gasteiger partial charge in [-0.1, -0.05) is 37.6 Å². The molecule has 0 aliphatic heterocycles. The van der Waals surface area contributed by atoms with E-state index in [2.05, 4.69) is 54.6 Å². The van der Waals surface area contributed by atoms with Gasteiger partial charge in [0, 0.05) is 13.1 Å². The molecular formula is C17H24N2S2. The van der Waals surface area contributed by atoms with Crippen molar-refractivity contribution in [2.24, 2.45) is 0 Å². The van der Waals surface area contributed by atoms with Crippen LogP contribution in [0.25, 0.3) is 10.2 Å². The third kappa shape index (κ3) is 5.46. The standard InChI is InChI=1S/C17H24N2S2/c1-3-5-7-10-14-19(13-6-4-2)21-17-18-15-11-8-9-12-16(15)20-17/h3,5,8-9,11-12H,4,6-7,10,13-14H2,1-2H3/b5-3+. The van der Waals surface area contributed by atoms with Gasteiger partial charge in [0.15, 0.2) is 4.34 Å². The molecule has 0 saturated heterocycles. The number of hydrogen-bond donors (Lipinski definition) is 0. The molecule has 1 aromatic carbocycles. The number of hydrogen-bond acceptors (Lipinski definition) is 4. The lowest BCUT2D eigenvalue weighted by atomic mass is 10.3. The van der Waals surface area contributed by atoms with E-state index >= 15 is 0 Å². The predicted molar refractivity (Wildman–Crippen MR) is 96.0 cm³/mol. The van der Waals surface area contributed by atoms with E-state index in [0.717, 1.165) is 18.6 Å². The third-order valence-corrected chi connectivity index (χ3v) is 5.43. The Morgan fingerprint density at radius 3 is 2.81 bits per heavy atom. The third-order valence-electron chi connectivity index (χ3n) is 3.26. The Kier molecular flexibility index (Phi) is 7.27. The fraction of sp³-hybridized carbons (Fsp3) is 0.471. The molecule has 0 unspecified atom stereocenters. The smallest absolute Gasteiger partial charge is 0.166 e. The van der Waals surface area contributed by atoms with Crippen molar-refractivity contribution < 1.29 is 0 Å². The Labute approximate surface area is 136 Å². The van der Waals surface area contributed by atoms with Crippen molar-refractivity contribution in [2.75, 3.05) is 13.1 Å². The molecule has 0 aliphatic carbocycles. The summed E-state index contributed by atoms with van der Waals surface area (Å²) < 4.78 is 4.92. The number of para-hydroxylation sites is 1. The number of nitrogens with zero attached hydrogens (tertiary/aromatic N) is 2. The number of unbranched alkanes of at least 4 members (excludes halogenated alkanes) is 2. The second kappa shape index (κ2) is 9.23. The van der Waals surface area contributed by atoms with Gasteiger partial charge in [0.1, 0.15) is 0 Å². The molecule has 114 valence electrons. The van der Waals surface area contributed by atoms with Crippen LogP contribution < -0.4 is 0 Å². The zero-order chi connectivity index (χ0) is 14.9. The monoisotopic (exact) mass is 320 g/mol. The predicted octanol–water partition coefficient (Wildman–Crippen LogP) is 5.76. The van der Waals surface area contributed by atoms with Gasteiger partial charge in [-0.25, -0.2) is 9.29 Å². The summed E-state index contributed by atoms with van der Waals surface area (Å²) in [7, 11) is 0. The van der Waals surface area contributed by atoms with Gasteiger partial charge in [-0.05, 0) is 50.3 Å². The van der Waals surface area contributed by atoms with E-state index in [4.69, 9.17) is 4.98 Å². The van der Waals surface area contributed by atoms with Gasteiger partial charge in [-0.2, -0.15) is 0 Å². The van der Waals surface area contributed by atoms with Gasteiger partial charge in [-0.15, -0.1) is 11.3 Å². The number of allylic oxidation sites excluding steroid dienone is 2. The highest BCUT2D eigenvalue weighted by Gasteiger charge is 2.10. The van der Waals surface area contributed by atoms with Crippen LogP contribution in [0.4, 0.5) is 0 Å². The fourth-order valence-electron chi connectivity index (χ4n) is 2.09. The molecule has 2 rings (SSSR count). The molecule has 0 atom stereocenters. The molecule has 2 nitrogen and oxygen atoms in total. The average Bonchev–Trinajstić information content (AvgIpc) is 2.91. The van der Waals surface area contributed by atoms with Gasteiger partial charge in [0.2, 0.25) is 0 Å². The van der Waals surface area contributed by atoms with Crippen LogP contribution in [0.5, 0.6) is 0 Å². The van der Waals surface area contributed by atoms with Crippen molar-refractivity contribution in [1.82, 2.24) is 9.29 Å². The Hall–Kier alpha value is -0.840. The van der Waals surface area contributed by atoms with Gasteiger partial charge < -0.3 is 0 Å². The summed E-state index contributed by atoms with van der Waals surface area (Å²) in [6.45, 7) is 6.61. The molecule has 0 bridgehead atoms. The fourth-order valence-corrected chi connectivity index (χ4v) is 4.32. The minimum atomic E-state index is 1.12. The van der Waals surface area contributed by atoms with Crippen LogP contribution >= 0.6 is 23.3 Å². The molecule has 1 heterocycles. The van der Waals surface area contributed by atoms with Crippen LogP contribution in [0.2, 0.25) is 0 Å². The van der Waals surface area contributed by atoms with Gasteiger partial charge in [0.05, 0.1) is 10.2 Å². The first kappa shape index (κ1) is 16.5. The minimum absolute atomic E-state index is 1.12. The number of benzene rings is 1. The summed E-state index contributed by atoms with van der Waals surface area (Å²) in [5.74, 6) is 0. The van der Waals surface area contributed by atoms with Crippen LogP contribution in [0, 0.1) is 0 Å². The van der Waals surface area contributed by atoms with Crippen LogP contribution in [0.15, 0.2) is 40.8 Å². The molecular weight excluding hydrogens is 296 g/mol. The van der Waals surface area contributed by atoms with E-state index in [-0.39, 0.29) is 0 Å². The molecule has 0 radical (unpaired) electrons. The molecule has 21 heavy (non-hydrogen) atoms. The lowest BCUT2D eigenvalue weighted by molar-refractivity contribution is 0.448. The maximum Gasteiger partial charge on any atom is 0.166 e. The summed E-state index contributed by atoms with van der Waals surface area (Å²) in [6.07, 6.45) is 9.26. The number of thiazole rings is 1. The van der Waals surface area contributed by atoms with Gasteiger partial charge >= 0.3 is 0 Å². The van der Waals surface area contributed by atoms with Gasteiger partial charge in [-0.3, -0.25) is 0 Å². The van der Waals surface area contributed by atoms with Crippen LogP contribution in [-0.2, 0) is 0 Å². The summed E-state index contributed by atoms with van der Waals surface area (Å²) in [5, 5.41) is 0. The molecule has 1 aromatic heterocycles. The van der Waals surface area contributed by atoms with Crippen molar-refractivity contribution in [3.63, 3.8) is 0 Å². The minimum Gasteiger partial charge on any atom is -0.244 e. The number of fused-ring (bicyclic) bond motifs is 1. The molecule has 4 heteroatoms. The SMILES string of the molecule is C/C=C/CCCN(CCCC)Sc1nc2ccccc2s1. The highest BCUT2D eigenvalue weighted by atomic mass is 32.2. The lowest BCUT2D eigenvalue weighted by Gasteiger charge is -2.18. The first-order valence-electron chi connectivity index (χ1n) is 7.73. The molecule has 0 saturated carbocycles. The summed E-state index contributed by atoms with van der Waals surface area (Å²) in [5.41, 5.74) is 1.12. The Morgan fingerprint density at radius 2 is 2.05 bits per heavy atom. The molecule has 0 aliphatic rings. The van der Waals surface area contributed by atoms with E-state index in [1.165, 1.54) is 34.7 Å². The Morgan fingerprint density at radius 1 is 1.24 bits per heavy atom. The molecule has 0 N–H and O–H groups in total. The zero-order valence-electron chi connectivity index (χ0n) is 12.9. The first-order chi connectivity index (χ1) is 10.3. The molecule has 0 spiro atoms. The van der Waals surface area contributed by atoms with Crippen molar-refractivity contribution in [3.05, 3.63) is 36.4 Å². The number of aromatic nitrogens is 1. The largest absolute Gasteiger partial charge is 0.244 e. The van der Waals surface area contributed by atoms with E-state index in [1.54, 1.807) is 11.3 Å². The average molecular weight is 321 g/mol. The van der Waals surface area contributed by atoms with Crippen LogP contribution in [-0.4, -0.2) is 22.4 Å². The van der Waals surface area contributed by atoms with Crippen molar-refractivity contribution in [3.8, 4) is 0 Å². The highest BCUT2D eigenvalue weighted by Crippen LogP contribution is 2.31. The van der Waals surface area contributed by atoms with Crippen LogP contribution in [0.1, 0.15) is 39.5 Å². The van der Waals surface area contributed by atoms with E-state index < -0.39 is 0 Å². The first-order valence-corrected chi connectivity index (χ1v) is 9.32. The van der Waals surface area contributed by atoms with E-state index in [9.17, 15) is 0 Å². The quantitative estimate of drug-likeness (QED) is 0.332. The molecule has 0 amide bonds. The summed E-state index contributed by atoms with van der Waals surface area (Å²) >= 11 is 3.63. The molecule has 2 aromatic rings. The maximum atomic E-state index is 4.73. The highest BCUT2D eigenvalue weighted by molar-refractivity contribution is 7.98. The lowest BCUT2D eigenvalue weighted by Crippen LogP contribution is -2.18. The maximum absolute atomic E-state index is 4.73. The summed E-state index contributed by atoms with van der Waals surface area (Å²) in [6, 6.07) is 8.39. The topological polar surface area (TPSA) is 16.1 Å². The Bertz CT molecular complexity index is 530.